The number of nitrogens with one attached hydrogen (secondary N) is 1. The van der Waals surface area contributed by atoms with E-state index in [0.717, 1.165) is 37.1 Å². The summed E-state index contributed by atoms with van der Waals surface area (Å²) in [5.41, 5.74) is 8.93. The van der Waals surface area contributed by atoms with Gasteiger partial charge in [0.1, 0.15) is 0 Å². The SMILES string of the molecule is CCC(CCN)CNc1cc(C)nc2ccccc12. The first-order valence-corrected chi connectivity index (χ1v) is 7.05. The summed E-state index contributed by atoms with van der Waals surface area (Å²) in [6, 6.07) is 10.4. The lowest BCUT2D eigenvalue weighted by atomic mass is 10.0. The van der Waals surface area contributed by atoms with Crippen LogP contribution in [0.15, 0.2) is 30.3 Å². The monoisotopic (exact) mass is 257 g/mol. The zero-order valence-corrected chi connectivity index (χ0v) is 11.8. The van der Waals surface area contributed by atoms with Crippen molar-refractivity contribution in [2.24, 2.45) is 11.7 Å². The zero-order valence-electron chi connectivity index (χ0n) is 11.8. The molecule has 1 atom stereocenters. The predicted octanol–water partition coefficient (Wildman–Crippen LogP) is 3.33. The first kappa shape index (κ1) is 13.8. The van der Waals surface area contributed by atoms with Crippen LogP contribution in [0.1, 0.15) is 25.5 Å². The highest BCUT2D eigenvalue weighted by Gasteiger charge is 2.07. The Morgan fingerprint density at radius 1 is 1.32 bits per heavy atom. The van der Waals surface area contributed by atoms with E-state index in [4.69, 9.17) is 5.73 Å². The summed E-state index contributed by atoms with van der Waals surface area (Å²) in [5, 5.41) is 4.76. The molecule has 0 saturated carbocycles. The minimum absolute atomic E-state index is 0.636. The highest BCUT2D eigenvalue weighted by molar-refractivity contribution is 5.91. The summed E-state index contributed by atoms with van der Waals surface area (Å²) in [4.78, 5) is 4.56. The number of para-hydroxylation sites is 1. The van der Waals surface area contributed by atoms with Crippen LogP contribution in [-0.4, -0.2) is 18.1 Å². The summed E-state index contributed by atoms with van der Waals surface area (Å²) in [7, 11) is 0. The van der Waals surface area contributed by atoms with Crippen LogP contribution in [0, 0.1) is 12.8 Å². The van der Waals surface area contributed by atoms with Gasteiger partial charge in [-0.25, -0.2) is 0 Å². The quantitative estimate of drug-likeness (QED) is 0.834. The number of aryl methyl sites for hydroxylation is 1. The largest absolute Gasteiger partial charge is 0.384 e. The van der Waals surface area contributed by atoms with E-state index in [1.54, 1.807) is 0 Å². The molecule has 0 spiro atoms. The van der Waals surface area contributed by atoms with Gasteiger partial charge < -0.3 is 11.1 Å². The van der Waals surface area contributed by atoms with Crippen molar-refractivity contribution in [3.63, 3.8) is 0 Å². The standard InChI is InChI=1S/C16H23N3/c1-3-13(8-9-17)11-18-16-10-12(2)19-15-7-5-4-6-14(15)16/h4-7,10,13H,3,8-9,11,17H2,1-2H3,(H,18,19). The van der Waals surface area contributed by atoms with Crippen LogP contribution in [0.25, 0.3) is 10.9 Å². The van der Waals surface area contributed by atoms with Crippen molar-refractivity contribution in [2.75, 3.05) is 18.4 Å². The van der Waals surface area contributed by atoms with Crippen molar-refractivity contribution in [2.45, 2.75) is 26.7 Å². The van der Waals surface area contributed by atoms with Gasteiger partial charge in [-0.3, -0.25) is 4.98 Å². The van der Waals surface area contributed by atoms with E-state index in [-0.39, 0.29) is 0 Å². The molecule has 0 aliphatic heterocycles. The number of pyridine rings is 1. The third-order valence-corrected chi connectivity index (χ3v) is 3.58. The number of nitrogens with zero attached hydrogens (tertiary/aromatic N) is 1. The van der Waals surface area contributed by atoms with E-state index in [9.17, 15) is 0 Å². The molecule has 0 bridgehead atoms. The number of hydrogen-bond donors (Lipinski definition) is 2. The first-order valence-electron chi connectivity index (χ1n) is 7.05. The highest BCUT2D eigenvalue weighted by Crippen LogP contribution is 2.23. The number of fused-ring (bicyclic) bond motifs is 1. The molecule has 3 heteroatoms. The fourth-order valence-corrected chi connectivity index (χ4v) is 2.39. The van der Waals surface area contributed by atoms with Crippen molar-refractivity contribution in [3.05, 3.63) is 36.0 Å². The maximum Gasteiger partial charge on any atom is 0.0725 e. The van der Waals surface area contributed by atoms with Crippen LogP contribution in [-0.2, 0) is 0 Å². The molecule has 0 saturated heterocycles. The Morgan fingerprint density at radius 2 is 2.11 bits per heavy atom. The molecular formula is C16H23N3. The van der Waals surface area contributed by atoms with Crippen molar-refractivity contribution >= 4 is 16.6 Å². The molecule has 0 aliphatic rings. The number of benzene rings is 1. The van der Waals surface area contributed by atoms with Gasteiger partial charge in [0.05, 0.1) is 5.52 Å². The van der Waals surface area contributed by atoms with Crippen molar-refractivity contribution < 1.29 is 0 Å². The van der Waals surface area contributed by atoms with Gasteiger partial charge in [0.25, 0.3) is 0 Å². The van der Waals surface area contributed by atoms with Gasteiger partial charge in [-0.1, -0.05) is 31.5 Å². The number of hydrogen-bond acceptors (Lipinski definition) is 3. The predicted molar refractivity (Wildman–Crippen MR) is 82.4 cm³/mol. The molecule has 102 valence electrons. The van der Waals surface area contributed by atoms with Crippen LogP contribution in [0.4, 0.5) is 5.69 Å². The third kappa shape index (κ3) is 3.44. The smallest absolute Gasteiger partial charge is 0.0725 e. The molecular weight excluding hydrogens is 234 g/mol. The molecule has 1 unspecified atom stereocenters. The lowest BCUT2D eigenvalue weighted by Gasteiger charge is -2.17. The minimum atomic E-state index is 0.636. The van der Waals surface area contributed by atoms with Gasteiger partial charge in [-0.05, 0) is 37.9 Å². The van der Waals surface area contributed by atoms with Crippen molar-refractivity contribution in [1.82, 2.24) is 4.98 Å². The Balaban J connectivity index is 2.20. The second-order valence-corrected chi connectivity index (χ2v) is 5.06. The third-order valence-electron chi connectivity index (χ3n) is 3.58. The molecule has 2 aromatic rings. The molecule has 2 rings (SSSR count). The Kier molecular flexibility index (Phi) is 4.74. The Morgan fingerprint density at radius 3 is 2.84 bits per heavy atom. The van der Waals surface area contributed by atoms with Crippen molar-refractivity contribution in [3.8, 4) is 0 Å². The van der Waals surface area contributed by atoms with E-state index >= 15 is 0 Å². The first-order chi connectivity index (χ1) is 9.24. The summed E-state index contributed by atoms with van der Waals surface area (Å²) in [6.45, 7) is 5.99. The number of rotatable bonds is 6. The van der Waals surface area contributed by atoms with Gasteiger partial charge in [-0.15, -0.1) is 0 Å². The van der Waals surface area contributed by atoms with E-state index in [0.29, 0.717) is 5.92 Å². The summed E-state index contributed by atoms with van der Waals surface area (Å²) in [6.07, 6.45) is 2.23. The van der Waals surface area contributed by atoms with Crippen LogP contribution in [0.5, 0.6) is 0 Å². The molecule has 0 amide bonds. The Hall–Kier alpha value is -1.61. The lowest BCUT2D eigenvalue weighted by Crippen LogP contribution is -2.17. The number of anilines is 1. The van der Waals surface area contributed by atoms with E-state index in [1.807, 2.05) is 13.0 Å². The molecule has 1 heterocycles. The fourth-order valence-electron chi connectivity index (χ4n) is 2.39. The zero-order chi connectivity index (χ0) is 13.7. The van der Waals surface area contributed by atoms with Crippen LogP contribution >= 0.6 is 0 Å². The van der Waals surface area contributed by atoms with Gasteiger partial charge in [0.15, 0.2) is 0 Å². The normalized spacial score (nSPS) is 12.6. The number of nitrogens with two attached hydrogens (primary N) is 1. The van der Waals surface area contributed by atoms with Gasteiger partial charge in [0.2, 0.25) is 0 Å². The topological polar surface area (TPSA) is 50.9 Å². The van der Waals surface area contributed by atoms with Crippen LogP contribution in [0.3, 0.4) is 0 Å². The van der Waals surface area contributed by atoms with Crippen LogP contribution < -0.4 is 11.1 Å². The Labute approximate surface area is 115 Å². The second-order valence-electron chi connectivity index (χ2n) is 5.06. The minimum Gasteiger partial charge on any atom is -0.384 e. The maximum atomic E-state index is 5.65. The number of aromatic nitrogens is 1. The lowest BCUT2D eigenvalue weighted by molar-refractivity contribution is 0.501. The molecule has 0 radical (unpaired) electrons. The molecule has 3 N–H and O–H groups in total. The van der Waals surface area contributed by atoms with Crippen molar-refractivity contribution in [1.29, 1.82) is 0 Å². The highest BCUT2D eigenvalue weighted by atomic mass is 14.9. The fraction of sp³-hybridized carbons (Fsp3) is 0.438. The maximum absolute atomic E-state index is 5.65. The van der Waals surface area contributed by atoms with Gasteiger partial charge in [0, 0.05) is 23.3 Å². The molecule has 0 fully saturated rings. The second kappa shape index (κ2) is 6.53. The molecule has 1 aromatic carbocycles. The molecule has 19 heavy (non-hydrogen) atoms. The molecule has 0 aliphatic carbocycles. The van der Waals surface area contributed by atoms with E-state index in [2.05, 4.69) is 41.5 Å². The summed E-state index contributed by atoms with van der Waals surface area (Å²) >= 11 is 0. The van der Waals surface area contributed by atoms with E-state index < -0.39 is 0 Å². The van der Waals surface area contributed by atoms with Gasteiger partial charge in [-0.2, -0.15) is 0 Å². The average molecular weight is 257 g/mol. The molecule has 3 nitrogen and oxygen atoms in total. The average Bonchev–Trinajstić information content (AvgIpc) is 2.43. The van der Waals surface area contributed by atoms with E-state index in [1.165, 1.54) is 11.1 Å². The summed E-state index contributed by atoms with van der Waals surface area (Å²) < 4.78 is 0. The summed E-state index contributed by atoms with van der Waals surface area (Å²) in [5.74, 6) is 0.636. The van der Waals surface area contributed by atoms with Crippen LogP contribution in [0.2, 0.25) is 0 Å². The molecule has 1 aromatic heterocycles. The Bertz CT molecular complexity index is 537. The van der Waals surface area contributed by atoms with Gasteiger partial charge >= 0.3 is 0 Å².